The van der Waals surface area contributed by atoms with Gasteiger partial charge in [0.1, 0.15) is 0 Å². The molecule has 0 aromatic rings. The highest BCUT2D eigenvalue weighted by Crippen LogP contribution is 2.28. The second-order valence-electron chi connectivity index (χ2n) is 6.88. The average Bonchev–Trinajstić information content (AvgIpc) is 2.45. The summed E-state index contributed by atoms with van der Waals surface area (Å²) >= 11 is 0. The zero-order chi connectivity index (χ0) is 16.1. The predicted octanol–water partition coefficient (Wildman–Crippen LogP) is 0.600. The molecule has 2 amide bonds. The van der Waals surface area contributed by atoms with E-state index >= 15 is 0 Å². The second-order valence-corrected chi connectivity index (χ2v) is 6.88. The van der Waals surface area contributed by atoms with E-state index < -0.39 is 0 Å². The molecule has 0 spiro atoms. The van der Waals surface area contributed by atoms with Crippen molar-refractivity contribution in [1.82, 2.24) is 9.80 Å². The molecule has 1 aliphatic heterocycles. The average molecular weight is 311 g/mol. The quantitative estimate of drug-likeness (QED) is 0.779. The summed E-state index contributed by atoms with van der Waals surface area (Å²) in [7, 11) is 0. The Labute approximate surface area is 132 Å². The van der Waals surface area contributed by atoms with Crippen LogP contribution in [0.4, 0.5) is 0 Å². The van der Waals surface area contributed by atoms with Crippen molar-refractivity contribution in [1.29, 1.82) is 0 Å². The zero-order valence-corrected chi connectivity index (χ0v) is 13.8. The van der Waals surface area contributed by atoms with Gasteiger partial charge in [0.05, 0.1) is 31.8 Å². The van der Waals surface area contributed by atoms with Gasteiger partial charge in [-0.05, 0) is 18.8 Å². The molecule has 2 unspecified atom stereocenters. The van der Waals surface area contributed by atoms with E-state index in [1.807, 2.05) is 9.80 Å². The Morgan fingerprint density at radius 1 is 1.27 bits per heavy atom. The lowest BCUT2D eigenvalue weighted by molar-refractivity contribution is -0.150. The van der Waals surface area contributed by atoms with Gasteiger partial charge in [-0.25, -0.2) is 0 Å². The molecular formula is C16H29N3O3. The van der Waals surface area contributed by atoms with Gasteiger partial charge in [-0.3, -0.25) is 14.5 Å². The highest BCUT2D eigenvalue weighted by Gasteiger charge is 2.36. The van der Waals surface area contributed by atoms with Crippen molar-refractivity contribution in [3.05, 3.63) is 0 Å². The molecule has 0 bridgehead atoms. The van der Waals surface area contributed by atoms with Crippen LogP contribution in [-0.4, -0.2) is 66.5 Å². The van der Waals surface area contributed by atoms with Crippen LogP contribution in [0.1, 0.15) is 39.5 Å². The zero-order valence-electron chi connectivity index (χ0n) is 13.8. The Morgan fingerprint density at radius 3 is 2.68 bits per heavy atom. The molecule has 1 saturated carbocycles. The van der Waals surface area contributed by atoms with Gasteiger partial charge in [-0.2, -0.15) is 0 Å². The summed E-state index contributed by atoms with van der Waals surface area (Å²) < 4.78 is 5.81. The van der Waals surface area contributed by atoms with E-state index in [2.05, 4.69) is 13.8 Å². The van der Waals surface area contributed by atoms with Crippen LogP contribution in [0.2, 0.25) is 0 Å². The normalized spacial score (nSPS) is 25.4. The predicted molar refractivity (Wildman–Crippen MR) is 84.2 cm³/mol. The van der Waals surface area contributed by atoms with E-state index in [9.17, 15) is 9.59 Å². The van der Waals surface area contributed by atoms with Crippen LogP contribution >= 0.6 is 0 Å². The topological polar surface area (TPSA) is 75.9 Å². The Hall–Kier alpha value is -1.14. The molecule has 22 heavy (non-hydrogen) atoms. The first kappa shape index (κ1) is 17.2. The minimum Gasteiger partial charge on any atom is -0.374 e. The highest BCUT2D eigenvalue weighted by atomic mass is 16.5. The molecule has 6 heteroatoms. The summed E-state index contributed by atoms with van der Waals surface area (Å²) in [6.07, 6.45) is 4.61. The third-order valence-corrected chi connectivity index (χ3v) is 4.41. The monoisotopic (exact) mass is 311 g/mol. The van der Waals surface area contributed by atoms with E-state index in [0.29, 0.717) is 25.6 Å². The first-order valence-electron chi connectivity index (χ1n) is 8.39. The number of rotatable bonds is 6. The fourth-order valence-corrected chi connectivity index (χ4v) is 3.61. The van der Waals surface area contributed by atoms with Gasteiger partial charge in [0, 0.05) is 13.1 Å². The lowest BCUT2D eigenvalue weighted by Crippen LogP contribution is -2.57. The number of nitrogens with zero attached hydrogens (tertiary/aromatic N) is 2. The minimum atomic E-state index is -0.383. The summed E-state index contributed by atoms with van der Waals surface area (Å²) in [6, 6.07) is 0.212. The molecule has 6 nitrogen and oxygen atoms in total. The maximum absolute atomic E-state index is 12.7. The van der Waals surface area contributed by atoms with Crippen LogP contribution in [0.15, 0.2) is 0 Å². The van der Waals surface area contributed by atoms with Crippen LogP contribution in [0.25, 0.3) is 0 Å². The van der Waals surface area contributed by atoms with Crippen LogP contribution in [0, 0.1) is 5.92 Å². The standard InChI is InChI=1S/C16H29N3O3/c1-12(2)9-18(10-15(17)20)11-16(21)19-7-8-22-14-6-4-3-5-13(14)19/h12-14H,3-11H2,1-2H3,(H2,17,20). The number of hydrogen-bond acceptors (Lipinski definition) is 4. The molecule has 2 aliphatic rings. The summed E-state index contributed by atoms with van der Waals surface area (Å²) in [5.74, 6) is 0.104. The van der Waals surface area contributed by atoms with Gasteiger partial charge < -0.3 is 15.4 Å². The Balaban J connectivity index is 1.97. The van der Waals surface area contributed by atoms with Gasteiger partial charge in [-0.1, -0.05) is 26.7 Å². The molecule has 1 saturated heterocycles. The van der Waals surface area contributed by atoms with Gasteiger partial charge in [0.2, 0.25) is 11.8 Å². The molecule has 2 atom stereocenters. The maximum atomic E-state index is 12.7. The maximum Gasteiger partial charge on any atom is 0.237 e. The van der Waals surface area contributed by atoms with Crippen molar-refractivity contribution in [2.75, 3.05) is 32.8 Å². The third-order valence-electron chi connectivity index (χ3n) is 4.41. The second kappa shape index (κ2) is 7.92. The molecule has 1 heterocycles. The SMILES string of the molecule is CC(C)CN(CC(N)=O)CC(=O)N1CCOC2CCCCC21. The van der Waals surface area contributed by atoms with E-state index in [1.54, 1.807) is 0 Å². The number of morpholine rings is 1. The van der Waals surface area contributed by atoms with Crippen molar-refractivity contribution < 1.29 is 14.3 Å². The molecular weight excluding hydrogens is 282 g/mol. The van der Waals surface area contributed by atoms with Crippen LogP contribution in [0.5, 0.6) is 0 Å². The van der Waals surface area contributed by atoms with Crippen molar-refractivity contribution in [2.45, 2.75) is 51.7 Å². The smallest absolute Gasteiger partial charge is 0.237 e. The number of carbonyl (C=O) groups is 2. The molecule has 2 N–H and O–H groups in total. The first-order chi connectivity index (χ1) is 10.5. The number of fused-ring (bicyclic) bond motifs is 1. The molecule has 2 fully saturated rings. The van der Waals surface area contributed by atoms with Crippen LogP contribution < -0.4 is 5.73 Å². The highest BCUT2D eigenvalue weighted by molar-refractivity contribution is 5.80. The number of ether oxygens (including phenoxy) is 1. The van der Waals surface area contributed by atoms with E-state index in [1.165, 1.54) is 6.42 Å². The first-order valence-corrected chi connectivity index (χ1v) is 8.39. The number of hydrogen-bond donors (Lipinski definition) is 1. The lowest BCUT2D eigenvalue weighted by atomic mass is 9.90. The van der Waals surface area contributed by atoms with Crippen molar-refractivity contribution in [3.63, 3.8) is 0 Å². The fraction of sp³-hybridized carbons (Fsp3) is 0.875. The lowest BCUT2D eigenvalue weighted by Gasteiger charge is -2.44. The summed E-state index contributed by atoms with van der Waals surface area (Å²) in [5, 5.41) is 0. The number of carbonyl (C=O) groups excluding carboxylic acids is 2. The van der Waals surface area contributed by atoms with E-state index in [0.717, 1.165) is 19.3 Å². The Morgan fingerprint density at radius 2 is 2.00 bits per heavy atom. The Bertz CT molecular complexity index is 398. The number of nitrogens with two attached hydrogens (primary N) is 1. The molecule has 0 aromatic carbocycles. The summed E-state index contributed by atoms with van der Waals surface area (Å²) in [5.41, 5.74) is 5.30. The van der Waals surface area contributed by atoms with E-state index in [-0.39, 0.29) is 37.0 Å². The van der Waals surface area contributed by atoms with Gasteiger partial charge in [-0.15, -0.1) is 0 Å². The van der Waals surface area contributed by atoms with Crippen molar-refractivity contribution in [3.8, 4) is 0 Å². The van der Waals surface area contributed by atoms with Gasteiger partial charge >= 0.3 is 0 Å². The molecule has 2 rings (SSSR count). The largest absolute Gasteiger partial charge is 0.374 e. The van der Waals surface area contributed by atoms with Crippen molar-refractivity contribution in [2.24, 2.45) is 11.7 Å². The summed E-state index contributed by atoms with van der Waals surface area (Å²) in [4.78, 5) is 27.8. The number of amides is 2. The molecule has 0 radical (unpaired) electrons. The third kappa shape index (κ3) is 4.68. The molecule has 1 aliphatic carbocycles. The molecule has 0 aromatic heterocycles. The van der Waals surface area contributed by atoms with Crippen LogP contribution in [-0.2, 0) is 14.3 Å². The Kier molecular flexibility index (Phi) is 6.20. The minimum absolute atomic E-state index is 0.0992. The van der Waals surface area contributed by atoms with E-state index in [4.69, 9.17) is 10.5 Å². The number of primary amides is 1. The van der Waals surface area contributed by atoms with Crippen LogP contribution in [0.3, 0.4) is 0 Å². The summed E-state index contributed by atoms with van der Waals surface area (Å²) in [6.45, 7) is 6.54. The fourth-order valence-electron chi connectivity index (χ4n) is 3.61. The van der Waals surface area contributed by atoms with Crippen molar-refractivity contribution >= 4 is 11.8 Å². The molecule has 126 valence electrons. The van der Waals surface area contributed by atoms with Gasteiger partial charge in [0.15, 0.2) is 0 Å². The van der Waals surface area contributed by atoms with Gasteiger partial charge in [0.25, 0.3) is 0 Å².